The highest BCUT2D eigenvalue weighted by Gasteiger charge is 2.55. The lowest BCUT2D eigenvalue weighted by molar-refractivity contribution is 0.510. The van der Waals surface area contributed by atoms with Crippen LogP contribution in [0.5, 0.6) is 0 Å². The van der Waals surface area contributed by atoms with E-state index < -0.39 is 23.8 Å². The molecule has 6 heteroatoms. The molecule has 1 saturated carbocycles. The highest BCUT2D eigenvalue weighted by molar-refractivity contribution is 8.10. The van der Waals surface area contributed by atoms with Gasteiger partial charge in [-0.25, -0.2) is 16.8 Å². The van der Waals surface area contributed by atoms with Crippen molar-refractivity contribution in [1.82, 2.24) is 0 Å². The van der Waals surface area contributed by atoms with Crippen LogP contribution < -0.4 is 0 Å². The van der Waals surface area contributed by atoms with Gasteiger partial charge in [0.25, 0.3) is 0 Å². The van der Waals surface area contributed by atoms with E-state index >= 15 is 0 Å². The van der Waals surface area contributed by atoms with E-state index in [9.17, 15) is 16.8 Å². The first-order valence-electron chi connectivity index (χ1n) is 9.33. The summed E-state index contributed by atoms with van der Waals surface area (Å²) in [6.07, 6.45) is 3.17. The molecular weight excluding hydrogens is 380 g/mol. The quantitative estimate of drug-likeness (QED) is 0.696. The van der Waals surface area contributed by atoms with Crippen molar-refractivity contribution in [3.63, 3.8) is 0 Å². The molecule has 27 heavy (non-hydrogen) atoms. The maximum atomic E-state index is 13.7. The lowest BCUT2D eigenvalue weighted by Gasteiger charge is -2.32. The van der Waals surface area contributed by atoms with Crippen molar-refractivity contribution >= 4 is 19.7 Å². The largest absolute Gasteiger partial charge is 0.222 e. The van der Waals surface area contributed by atoms with Crippen molar-refractivity contribution < 1.29 is 16.8 Å². The van der Waals surface area contributed by atoms with Crippen molar-refractivity contribution in [2.45, 2.75) is 66.2 Å². The van der Waals surface area contributed by atoms with Gasteiger partial charge in [-0.05, 0) is 51.0 Å². The van der Waals surface area contributed by atoms with E-state index in [4.69, 9.17) is 0 Å². The van der Waals surface area contributed by atoms with Crippen molar-refractivity contribution in [2.75, 3.05) is 0 Å². The fourth-order valence-corrected chi connectivity index (χ4v) is 9.05. The molecule has 3 rings (SSSR count). The predicted molar refractivity (Wildman–Crippen MR) is 107 cm³/mol. The van der Waals surface area contributed by atoms with Gasteiger partial charge in [-0.15, -0.1) is 0 Å². The summed E-state index contributed by atoms with van der Waals surface area (Å²) in [4.78, 5) is 0.177. The van der Waals surface area contributed by atoms with Crippen LogP contribution in [0.1, 0.15) is 49.7 Å². The van der Waals surface area contributed by atoms with E-state index in [1.807, 2.05) is 13.8 Å². The molecule has 1 fully saturated rings. The van der Waals surface area contributed by atoms with Gasteiger partial charge in [0.05, 0.1) is 9.79 Å². The molecule has 0 saturated heterocycles. The van der Waals surface area contributed by atoms with E-state index in [1.165, 1.54) is 24.3 Å². The lowest BCUT2D eigenvalue weighted by Crippen LogP contribution is -2.46. The van der Waals surface area contributed by atoms with Crippen LogP contribution in [0.3, 0.4) is 0 Å². The number of hydrogen-bond acceptors (Lipinski definition) is 4. The number of sulfone groups is 2. The maximum Gasteiger partial charge on any atom is 0.198 e. The van der Waals surface area contributed by atoms with Crippen molar-refractivity contribution in [3.8, 4) is 0 Å². The van der Waals surface area contributed by atoms with E-state index in [0.29, 0.717) is 12.8 Å². The summed E-state index contributed by atoms with van der Waals surface area (Å²) < 4.78 is 52.9. The average molecular weight is 407 g/mol. The average Bonchev–Trinajstić information content (AvgIpc) is 2.90. The Morgan fingerprint density at radius 2 is 0.926 bits per heavy atom. The molecule has 0 heterocycles. The van der Waals surface area contributed by atoms with Gasteiger partial charge < -0.3 is 0 Å². The zero-order valence-corrected chi connectivity index (χ0v) is 17.4. The summed E-state index contributed by atoms with van der Waals surface area (Å²) in [5, 5.41) is 0. The summed E-state index contributed by atoms with van der Waals surface area (Å²) in [5.74, 6) is 0. The monoisotopic (exact) mass is 406 g/mol. The predicted octanol–water partition coefficient (Wildman–Crippen LogP) is 4.60. The minimum absolute atomic E-state index is 0.0886. The number of aryl methyl sites for hydroxylation is 2. The molecule has 1 aliphatic rings. The SMILES string of the molecule is Cc1ccc(S(=O)(=O)C2(S(=O)(=O)c3ccc(C)cc3)CCCCCC2)cc1. The van der Waals surface area contributed by atoms with Crippen molar-refractivity contribution in [3.05, 3.63) is 59.7 Å². The Balaban J connectivity index is 2.23. The Kier molecular flexibility index (Phi) is 5.50. The van der Waals surface area contributed by atoms with Crippen LogP contribution in [0.15, 0.2) is 58.3 Å². The van der Waals surface area contributed by atoms with E-state index in [-0.39, 0.29) is 22.6 Å². The molecule has 0 N–H and O–H groups in total. The van der Waals surface area contributed by atoms with E-state index in [2.05, 4.69) is 0 Å². The Labute approximate surface area is 162 Å². The molecule has 0 unspecified atom stereocenters. The van der Waals surface area contributed by atoms with Gasteiger partial charge in [-0.2, -0.15) is 0 Å². The highest BCUT2D eigenvalue weighted by Crippen LogP contribution is 2.45. The zero-order chi connectivity index (χ0) is 19.7. The molecule has 0 bridgehead atoms. The summed E-state index contributed by atoms with van der Waals surface area (Å²) in [6.45, 7) is 3.75. The van der Waals surface area contributed by atoms with E-state index in [1.54, 1.807) is 24.3 Å². The maximum absolute atomic E-state index is 13.7. The molecule has 2 aromatic carbocycles. The fraction of sp³-hybridized carbons (Fsp3) is 0.429. The van der Waals surface area contributed by atoms with Gasteiger partial charge in [-0.1, -0.05) is 61.1 Å². The number of rotatable bonds is 4. The van der Waals surface area contributed by atoms with Gasteiger partial charge in [0.1, 0.15) is 0 Å². The zero-order valence-electron chi connectivity index (χ0n) is 15.8. The molecule has 1 aliphatic carbocycles. The molecule has 146 valence electrons. The number of benzene rings is 2. The second-order valence-corrected chi connectivity index (χ2v) is 12.2. The van der Waals surface area contributed by atoms with Crippen LogP contribution in [0.2, 0.25) is 0 Å². The first kappa shape index (κ1) is 20.1. The standard InChI is InChI=1S/C21H26O4S2/c1-17-7-11-19(12-8-17)26(22,23)21(15-5-3-4-6-16-21)27(24,25)20-13-9-18(2)10-14-20/h7-14H,3-6,15-16H2,1-2H3. The lowest BCUT2D eigenvalue weighted by atomic mass is 10.2. The third kappa shape index (κ3) is 3.45. The van der Waals surface area contributed by atoms with Crippen LogP contribution >= 0.6 is 0 Å². The fourth-order valence-electron chi connectivity index (χ4n) is 3.81. The van der Waals surface area contributed by atoms with Gasteiger partial charge in [0.2, 0.25) is 0 Å². The molecule has 0 aromatic heterocycles. The third-order valence-electron chi connectivity index (χ3n) is 5.51. The topological polar surface area (TPSA) is 68.3 Å². The first-order chi connectivity index (χ1) is 12.7. The Hall–Kier alpha value is -1.66. The van der Waals surface area contributed by atoms with Crippen LogP contribution in [0, 0.1) is 13.8 Å². The Morgan fingerprint density at radius 1 is 0.593 bits per heavy atom. The van der Waals surface area contributed by atoms with Gasteiger partial charge in [-0.3, -0.25) is 0 Å². The third-order valence-corrected chi connectivity index (χ3v) is 11.4. The summed E-state index contributed by atoms with van der Waals surface area (Å²) in [6, 6.07) is 13.0. The molecule has 0 atom stereocenters. The molecule has 0 amide bonds. The second kappa shape index (κ2) is 7.40. The Bertz CT molecular complexity index is 917. The van der Waals surface area contributed by atoms with Crippen LogP contribution in [0.4, 0.5) is 0 Å². The molecule has 0 radical (unpaired) electrons. The molecular formula is C21H26O4S2. The summed E-state index contributed by atoms with van der Waals surface area (Å²) >= 11 is 0. The smallest absolute Gasteiger partial charge is 0.198 e. The van der Waals surface area contributed by atoms with Gasteiger partial charge >= 0.3 is 0 Å². The van der Waals surface area contributed by atoms with Crippen LogP contribution in [-0.4, -0.2) is 20.9 Å². The minimum Gasteiger partial charge on any atom is -0.222 e. The van der Waals surface area contributed by atoms with E-state index in [0.717, 1.165) is 24.0 Å². The van der Waals surface area contributed by atoms with Gasteiger partial charge in [0, 0.05) is 0 Å². The summed E-state index contributed by atoms with van der Waals surface area (Å²) in [5.41, 5.74) is 1.87. The van der Waals surface area contributed by atoms with Crippen LogP contribution in [0.25, 0.3) is 0 Å². The Morgan fingerprint density at radius 3 is 1.26 bits per heavy atom. The van der Waals surface area contributed by atoms with Crippen LogP contribution in [-0.2, 0) is 19.7 Å². The molecule has 4 nitrogen and oxygen atoms in total. The minimum atomic E-state index is -4.07. The number of hydrogen-bond donors (Lipinski definition) is 0. The molecule has 2 aromatic rings. The first-order valence-corrected chi connectivity index (χ1v) is 12.3. The van der Waals surface area contributed by atoms with Crippen molar-refractivity contribution in [1.29, 1.82) is 0 Å². The molecule has 0 aliphatic heterocycles. The summed E-state index contributed by atoms with van der Waals surface area (Å²) in [7, 11) is -8.14. The van der Waals surface area contributed by atoms with Crippen molar-refractivity contribution in [2.24, 2.45) is 0 Å². The van der Waals surface area contributed by atoms with Gasteiger partial charge in [0.15, 0.2) is 23.8 Å². The normalized spacial score (nSPS) is 18.0. The second-order valence-electron chi connectivity index (χ2n) is 7.46. The molecule has 0 spiro atoms. The highest BCUT2D eigenvalue weighted by atomic mass is 32.3.